The van der Waals surface area contributed by atoms with Gasteiger partial charge >= 0.3 is 0 Å². The molecule has 0 saturated carbocycles. The molecule has 0 radical (unpaired) electrons. The van der Waals surface area contributed by atoms with Crippen molar-refractivity contribution in [3.8, 4) is 67.0 Å². The summed E-state index contributed by atoms with van der Waals surface area (Å²) < 4.78 is 0. The Labute approximate surface area is 386 Å². The van der Waals surface area contributed by atoms with Crippen molar-refractivity contribution >= 4 is 45.0 Å². The van der Waals surface area contributed by atoms with Gasteiger partial charge in [0, 0.05) is 55.2 Å². The zero-order valence-electron chi connectivity index (χ0n) is 38.9. The Morgan fingerprint density at radius 1 is 0.364 bits per heavy atom. The van der Waals surface area contributed by atoms with Crippen LogP contribution in [0.5, 0.6) is 0 Å². The lowest BCUT2D eigenvalue weighted by Gasteiger charge is -2.14. The SMILES string of the molecule is Cc1cc(C)cc(-c2c3nc(c(-c4cc(C)cc(C)c4)c4[nH]c(c(-c5cc(C)cc(C)c5)c5cccc(n5)c(-c5cc(C)cc(C)c5)c5[nH]c2=CC=C5)c2ccccc42)-c2ccccc2-3)c1. The Bertz CT molecular complexity index is 3720. The van der Waals surface area contributed by atoms with Crippen LogP contribution in [-0.4, -0.2) is 19.9 Å². The molecule has 0 spiro atoms. The first-order valence-corrected chi connectivity index (χ1v) is 23.0. The van der Waals surface area contributed by atoms with Crippen LogP contribution in [0.25, 0.3) is 112 Å². The zero-order chi connectivity index (χ0) is 45.4. The first-order valence-electron chi connectivity index (χ1n) is 23.0. The third kappa shape index (κ3) is 7.20. The topological polar surface area (TPSA) is 57.4 Å². The molecule has 3 aromatic heterocycles. The number of H-pyrrole nitrogens is 2. The molecule has 0 fully saturated rings. The first-order chi connectivity index (χ1) is 31.9. The minimum atomic E-state index is 0.880. The van der Waals surface area contributed by atoms with Gasteiger partial charge in [0.1, 0.15) is 0 Å². The molecule has 0 aliphatic carbocycles. The molecule has 320 valence electrons. The second-order valence-corrected chi connectivity index (χ2v) is 18.7. The van der Waals surface area contributed by atoms with Gasteiger partial charge in [0.25, 0.3) is 0 Å². The molecule has 2 aliphatic heterocycles. The molecule has 66 heavy (non-hydrogen) atoms. The number of aromatic amines is 2. The fraction of sp³-hybridized carbons (Fsp3) is 0.129. The van der Waals surface area contributed by atoms with Crippen LogP contribution in [0.1, 0.15) is 50.2 Å². The minimum Gasteiger partial charge on any atom is -0.354 e. The van der Waals surface area contributed by atoms with E-state index in [0.717, 1.165) is 111 Å². The summed E-state index contributed by atoms with van der Waals surface area (Å²) in [7, 11) is 0. The fourth-order valence-electron chi connectivity index (χ4n) is 10.7. The van der Waals surface area contributed by atoms with Crippen LogP contribution in [0.3, 0.4) is 0 Å². The van der Waals surface area contributed by atoms with Gasteiger partial charge in [0.15, 0.2) is 0 Å². The minimum absolute atomic E-state index is 0.880. The molecule has 0 atom stereocenters. The van der Waals surface area contributed by atoms with Crippen LogP contribution in [0.2, 0.25) is 0 Å². The summed E-state index contributed by atoms with van der Waals surface area (Å²) in [6, 6.07) is 51.5. The normalized spacial score (nSPS) is 12.0. The molecule has 4 heteroatoms. The van der Waals surface area contributed by atoms with Crippen molar-refractivity contribution in [3.63, 3.8) is 0 Å². The van der Waals surface area contributed by atoms with Gasteiger partial charge in [-0.1, -0.05) is 178 Å². The number of hydrogen-bond acceptors (Lipinski definition) is 2. The van der Waals surface area contributed by atoms with E-state index in [0.29, 0.717) is 0 Å². The molecule has 0 saturated heterocycles. The smallest absolute Gasteiger partial charge is 0.0816 e. The number of hydrogen-bond donors (Lipinski definition) is 2. The maximum atomic E-state index is 5.93. The van der Waals surface area contributed by atoms with Crippen molar-refractivity contribution < 1.29 is 0 Å². The van der Waals surface area contributed by atoms with Crippen LogP contribution in [0.4, 0.5) is 0 Å². The third-order valence-corrected chi connectivity index (χ3v) is 13.0. The van der Waals surface area contributed by atoms with E-state index < -0.39 is 0 Å². The molecule has 4 nitrogen and oxygen atoms in total. The zero-order valence-corrected chi connectivity index (χ0v) is 38.9. The summed E-state index contributed by atoms with van der Waals surface area (Å²) in [5.41, 5.74) is 27.0. The van der Waals surface area contributed by atoms with Crippen molar-refractivity contribution in [2.75, 3.05) is 0 Å². The number of fused-ring (bicyclic) bond motifs is 14. The predicted octanol–water partition coefficient (Wildman–Crippen LogP) is 15.7. The molecule has 11 rings (SSSR count). The Morgan fingerprint density at radius 3 is 1.29 bits per heavy atom. The van der Waals surface area contributed by atoms with E-state index in [-0.39, 0.29) is 0 Å². The molecule has 2 N–H and O–H groups in total. The van der Waals surface area contributed by atoms with E-state index in [2.05, 4.69) is 223 Å². The Hall–Kier alpha value is -7.82. The van der Waals surface area contributed by atoms with Crippen LogP contribution in [0.15, 0.2) is 146 Å². The number of pyridine rings is 1. The lowest BCUT2D eigenvalue weighted by Crippen LogP contribution is -2.13. The summed E-state index contributed by atoms with van der Waals surface area (Å²) in [5.74, 6) is 0. The van der Waals surface area contributed by atoms with Gasteiger partial charge in [0.05, 0.1) is 33.5 Å². The lowest BCUT2D eigenvalue weighted by molar-refractivity contribution is 1.23. The van der Waals surface area contributed by atoms with E-state index >= 15 is 0 Å². The van der Waals surface area contributed by atoms with Gasteiger partial charge in [-0.15, -0.1) is 0 Å². The highest BCUT2D eigenvalue weighted by molar-refractivity contribution is 6.18. The number of aromatic nitrogens is 4. The second-order valence-electron chi connectivity index (χ2n) is 18.7. The van der Waals surface area contributed by atoms with Gasteiger partial charge in [-0.05, 0) is 102 Å². The molecule has 9 aromatic rings. The summed E-state index contributed by atoms with van der Waals surface area (Å²) >= 11 is 0. The van der Waals surface area contributed by atoms with Crippen molar-refractivity contribution in [3.05, 3.63) is 201 Å². The Morgan fingerprint density at radius 2 is 0.773 bits per heavy atom. The second kappa shape index (κ2) is 16.0. The number of aryl methyl sites for hydroxylation is 8. The van der Waals surface area contributed by atoms with Crippen LogP contribution in [-0.2, 0) is 0 Å². The third-order valence-electron chi connectivity index (χ3n) is 13.0. The quantitative estimate of drug-likeness (QED) is 0.185. The maximum absolute atomic E-state index is 5.93. The molecule has 6 aromatic carbocycles. The van der Waals surface area contributed by atoms with E-state index in [1.165, 1.54) is 44.5 Å². The van der Waals surface area contributed by atoms with Crippen LogP contribution < -0.4 is 5.35 Å². The predicted molar refractivity (Wildman–Crippen MR) is 280 cm³/mol. The number of nitrogens with one attached hydrogen (secondary N) is 2. The summed E-state index contributed by atoms with van der Waals surface area (Å²) in [6.07, 6.45) is 6.58. The van der Waals surface area contributed by atoms with E-state index in [1.807, 2.05) is 0 Å². The number of benzene rings is 6. The van der Waals surface area contributed by atoms with E-state index in [1.54, 1.807) is 0 Å². The number of allylic oxidation sites excluding steroid dienone is 1. The molecule has 0 amide bonds. The molecule has 2 aliphatic rings. The summed E-state index contributed by atoms with van der Waals surface area (Å²) in [4.78, 5) is 19.9. The lowest BCUT2D eigenvalue weighted by atomic mass is 9.92. The van der Waals surface area contributed by atoms with Crippen molar-refractivity contribution in [1.29, 1.82) is 0 Å². The Balaban J connectivity index is 1.48. The standard InChI is InChI=1S/C62H52N4/c1-35-23-36(2)28-43(27-35)55-51-19-13-21-53(63-51)56(44-29-37(3)24-38(4)30-44)59-47-15-9-11-17-49(47)61(65-59)58(46-33-41(7)26-42(8)34-46)62-50-18-12-10-16-48(50)60(66-62)57(54-22-14-20-52(55)64-54)45-31-39(5)25-40(6)32-45/h9-34,63,66H,1-8H3. The first kappa shape index (κ1) is 40.9. The largest absolute Gasteiger partial charge is 0.354 e. The van der Waals surface area contributed by atoms with Gasteiger partial charge in [-0.3, -0.25) is 0 Å². The molecular formula is C62H52N4. The highest BCUT2D eigenvalue weighted by Gasteiger charge is 2.26. The van der Waals surface area contributed by atoms with Crippen LogP contribution >= 0.6 is 0 Å². The molecule has 0 unspecified atom stereocenters. The van der Waals surface area contributed by atoms with Crippen LogP contribution in [0, 0.1) is 55.4 Å². The average molecular weight is 853 g/mol. The monoisotopic (exact) mass is 852 g/mol. The Kier molecular flexibility index (Phi) is 9.92. The molecule has 5 heterocycles. The van der Waals surface area contributed by atoms with Gasteiger partial charge in [-0.2, -0.15) is 0 Å². The van der Waals surface area contributed by atoms with Crippen molar-refractivity contribution in [2.45, 2.75) is 55.4 Å². The van der Waals surface area contributed by atoms with E-state index in [4.69, 9.17) is 9.97 Å². The fourth-order valence-corrected chi connectivity index (χ4v) is 10.7. The highest BCUT2D eigenvalue weighted by Crippen LogP contribution is 2.47. The van der Waals surface area contributed by atoms with Gasteiger partial charge in [-0.25, -0.2) is 9.97 Å². The molecule has 8 bridgehead atoms. The number of nitrogens with zero attached hydrogens (tertiary/aromatic N) is 2. The molecular weight excluding hydrogens is 801 g/mol. The van der Waals surface area contributed by atoms with E-state index in [9.17, 15) is 0 Å². The van der Waals surface area contributed by atoms with Gasteiger partial charge in [0.2, 0.25) is 0 Å². The van der Waals surface area contributed by atoms with Gasteiger partial charge < -0.3 is 9.97 Å². The average Bonchev–Trinajstić information content (AvgIpc) is 3.82. The maximum Gasteiger partial charge on any atom is 0.0816 e. The summed E-state index contributed by atoms with van der Waals surface area (Å²) in [5, 5.41) is 3.22. The number of rotatable bonds is 4. The highest BCUT2D eigenvalue weighted by atomic mass is 14.8. The van der Waals surface area contributed by atoms with Crippen molar-refractivity contribution in [2.24, 2.45) is 0 Å². The summed E-state index contributed by atoms with van der Waals surface area (Å²) in [6.45, 7) is 17.5. The van der Waals surface area contributed by atoms with Crippen molar-refractivity contribution in [1.82, 2.24) is 19.9 Å².